The summed E-state index contributed by atoms with van der Waals surface area (Å²) in [7, 11) is 0. The Bertz CT molecular complexity index is 959. The van der Waals surface area contributed by atoms with Crippen LogP contribution in [0.15, 0.2) is 33.5 Å². The Balaban J connectivity index is 1.45. The molecule has 7 aliphatic carbocycles. The SMILES string of the molecule is CC(=C1C(=O)OC(=O)C1=C1C2CC3C4CC5CC3C1C(C5)C4C2)c1ccsc1. The Morgan fingerprint density at radius 1 is 0.964 bits per heavy atom. The predicted octanol–water partition coefficient (Wildman–Crippen LogP) is 4.85. The van der Waals surface area contributed by atoms with E-state index in [2.05, 4.69) is 5.38 Å². The molecule has 0 spiro atoms. The number of esters is 2. The fraction of sp³-hybridized carbons (Fsp3) is 0.583. The van der Waals surface area contributed by atoms with Gasteiger partial charge in [0, 0.05) is 0 Å². The second-order valence-electron chi connectivity index (χ2n) is 10.1. The van der Waals surface area contributed by atoms with Gasteiger partial charge in [0.25, 0.3) is 0 Å². The van der Waals surface area contributed by atoms with E-state index in [0.29, 0.717) is 23.0 Å². The maximum absolute atomic E-state index is 13.0. The first-order chi connectivity index (χ1) is 13.6. The van der Waals surface area contributed by atoms with Crippen LogP contribution in [0.2, 0.25) is 0 Å². The molecule has 2 heterocycles. The Labute approximate surface area is 168 Å². The summed E-state index contributed by atoms with van der Waals surface area (Å²) < 4.78 is 5.22. The highest BCUT2D eigenvalue weighted by atomic mass is 32.1. The van der Waals surface area contributed by atoms with Crippen LogP contribution in [-0.2, 0) is 14.3 Å². The number of ether oxygens (including phenoxy) is 1. The Kier molecular flexibility index (Phi) is 3.04. The van der Waals surface area contributed by atoms with Crippen LogP contribution >= 0.6 is 11.3 Å². The molecule has 0 radical (unpaired) electrons. The molecule has 4 heteroatoms. The lowest BCUT2D eigenvalue weighted by molar-refractivity contribution is -0.177. The minimum Gasteiger partial charge on any atom is -0.386 e. The Morgan fingerprint density at radius 2 is 1.64 bits per heavy atom. The number of rotatable bonds is 1. The molecule has 8 fully saturated rings. The standard InChI is InChI=1S/C24H24O3S/c1-10(12-2-3-28-9-12)19-22(24(26)27-23(19)25)20-13-7-15-14-4-11-5-17(15)21(20)18(6-11)16(14)8-13/h2-3,9,11,13-18,21H,4-8H2,1H3. The van der Waals surface area contributed by atoms with Gasteiger partial charge >= 0.3 is 11.9 Å². The topological polar surface area (TPSA) is 43.4 Å². The van der Waals surface area contributed by atoms with Crippen LogP contribution in [0.4, 0.5) is 0 Å². The molecule has 1 aliphatic heterocycles. The molecule has 0 amide bonds. The third kappa shape index (κ3) is 1.82. The van der Waals surface area contributed by atoms with Gasteiger partial charge in [0.1, 0.15) is 0 Å². The van der Waals surface area contributed by atoms with Gasteiger partial charge in [-0.15, -0.1) is 0 Å². The molecular weight excluding hydrogens is 368 g/mol. The monoisotopic (exact) mass is 392 g/mol. The molecule has 0 N–H and O–H groups in total. The maximum atomic E-state index is 13.0. The van der Waals surface area contributed by atoms with Gasteiger partial charge in [-0.3, -0.25) is 0 Å². The summed E-state index contributed by atoms with van der Waals surface area (Å²) >= 11 is 1.62. The number of carbonyl (C=O) groups excluding carboxylic acids is 2. The molecule has 0 aromatic carbocycles. The van der Waals surface area contributed by atoms with Crippen LogP contribution in [0.5, 0.6) is 0 Å². The molecule has 4 atom stereocenters. The molecule has 144 valence electrons. The van der Waals surface area contributed by atoms with Crippen molar-refractivity contribution in [3.05, 3.63) is 39.1 Å². The van der Waals surface area contributed by atoms with Crippen molar-refractivity contribution in [2.45, 2.75) is 39.0 Å². The zero-order chi connectivity index (χ0) is 18.7. The first-order valence-electron chi connectivity index (χ1n) is 10.9. The number of thiophene rings is 1. The quantitative estimate of drug-likeness (QED) is 0.390. The van der Waals surface area contributed by atoms with Crippen molar-refractivity contribution in [3.63, 3.8) is 0 Å². The fourth-order valence-electron chi connectivity index (χ4n) is 8.66. The van der Waals surface area contributed by atoms with Crippen molar-refractivity contribution in [2.75, 3.05) is 0 Å². The van der Waals surface area contributed by atoms with Crippen LogP contribution in [0.3, 0.4) is 0 Å². The summed E-state index contributed by atoms with van der Waals surface area (Å²) in [5.41, 5.74) is 4.51. The van der Waals surface area contributed by atoms with Gasteiger partial charge in [0.2, 0.25) is 0 Å². The Hall–Kier alpha value is -1.68. The van der Waals surface area contributed by atoms with Crippen molar-refractivity contribution >= 4 is 28.8 Å². The maximum Gasteiger partial charge on any atom is 0.347 e. The molecular formula is C24H24O3S. The number of hydrogen-bond donors (Lipinski definition) is 0. The number of carbonyl (C=O) groups is 2. The van der Waals surface area contributed by atoms with Gasteiger partial charge in [0.05, 0.1) is 11.1 Å². The first kappa shape index (κ1) is 16.2. The molecule has 8 aliphatic rings. The number of hydrogen-bond acceptors (Lipinski definition) is 4. The molecule has 8 bridgehead atoms. The minimum atomic E-state index is -0.432. The van der Waals surface area contributed by atoms with Gasteiger partial charge in [-0.05, 0) is 120 Å². The average Bonchev–Trinajstić information content (AvgIpc) is 3.32. The summed E-state index contributed by atoms with van der Waals surface area (Å²) in [4.78, 5) is 25.7. The summed E-state index contributed by atoms with van der Waals surface area (Å²) in [5, 5.41) is 4.08. The molecule has 1 saturated heterocycles. The largest absolute Gasteiger partial charge is 0.386 e. The zero-order valence-corrected chi connectivity index (χ0v) is 16.8. The van der Waals surface area contributed by atoms with Crippen LogP contribution in [0.25, 0.3) is 5.57 Å². The summed E-state index contributed by atoms with van der Waals surface area (Å²) in [6.45, 7) is 1.98. The molecule has 1 aromatic heterocycles. The van der Waals surface area contributed by atoms with E-state index in [1.165, 1.54) is 37.7 Å². The zero-order valence-electron chi connectivity index (χ0n) is 16.0. The molecule has 4 unspecified atom stereocenters. The van der Waals surface area contributed by atoms with E-state index >= 15 is 0 Å². The third-order valence-electron chi connectivity index (χ3n) is 9.31. The smallest absolute Gasteiger partial charge is 0.347 e. The van der Waals surface area contributed by atoms with E-state index in [1.54, 1.807) is 11.3 Å². The van der Waals surface area contributed by atoms with Crippen molar-refractivity contribution in [2.24, 2.45) is 47.3 Å². The van der Waals surface area contributed by atoms with E-state index in [4.69, 9.17) is 4.74 Å². The van der Waals surface area contributed by atoms with Crippen LogP contribution in [0, 0.1) is 47.3 Å². The van der Waals surface area contributed by atoms with E-state index < -0.39 is 5.97 Å². The number of cyclic esters (lactones) is 2. The molecule has 3 nitrogen and oxygen atoms in total. The normalized spacial score (nSPS) is 49.3. The van der Waals surface area contributed by atoms with Crippen LogP contribution in [0.1, 0.15) is 44.6 Å². The summed E-state index contributed by atoms with van der Waals surface area (Å²) in [6, 6.07) is 2.03. The third-order valence-corrected chi connectivity index (χ3v) is 10.00. The molecule has 1 aromatic rings. The van der Waals surface area contributed by atoms with Crippen molar-refractivity contribution in [1.29, 1.82) is 0 Å². The lowest BCUT2D eigenvalue weighted by Gasteiger charge is -2.70. The highest BCUT2D eigenvalue weighted by molar-refractivity contribution is 7.08. The predicted molar refractivity (Wildman–Crippen MR) is 106 cm³/mol. The lowest BCUT2D eigenvalue weighted by atomic mass is 9.34. The van der Waals surface area contributed by atoms with Crippen molar-refractivity contribution in [3.8, 4) is 0 Å². The molecule has 7 saturated carbocycles. The number of allylic oxidation sites excluding steroid dienone is 2. The summed E-state index contributed by atoms with van der Waals surface area (Å²) in [5.74, 6) is 5.37. The van der Waals surface area contributed by atoms with Crippen LogP contribution < -0.4 is 0 Å². The van der Waals surface area contributed by atoms with E-state index in [0.717, 1.165) is 46.6 Å². The van der Waals surface area contributed by atoms with E-state index in [1.807, 2.05) is 18.4 Å². The highest BCUT2D eigenvalue weighted by Gasteiger charge is 2.66. The summed E-state index contributed by atoms with van der Waals surface area (Å²) in [6.07, 6.45) is 6.66. The van der Waals surface area contributed by atoms with Gasteiger partial charge in [-0.25, -0.2) is 9.59 Å². The fourth-order valence-corrected chi connectivity index (χ4v) is 9.37. The van der Waals surface area contributed by atoms with Crippen molar-refractivity contribution < 1.29 is 14.3 Å². The second kappa shape index (κ2) is 5.27. The lowest BCUT2D eigenvalue weighted by Crippen LogP contribution is -2.63. The Morgan fingerprint density at radius 3 is 2.32 bits per heavy atom. The van der Waals surface area contributed by atoms with E-state index in [9.17, 15) is 9.59 Å². The highest BCUT2D eigenvalue weighted by Crippen LogP contribution is 2.73. The first-order valence-corrected chi connectivity index (χ1v) is 11.8. The van der Waals surface area contributed by atoms with Gasteiger partial charge in [0.15, 0.2) is 0 Å². The van der Waals surface area contributed by atoms with Crippen LogP contribution in [-0.4, -0.2) is 11.9 Å². The van der Waals surface area contributed by atoms with Gasteiger partial charge in [-0.2, -0.15) is 11.3 Å². The van der Waals surface area contributed by atoms with Gasteiger partial charge in [-0.1, -0.05) is 0 Å². The van der Waals surface area contributed by atoms with Gasteiger partial charge < -0.3 is 4.74 Å². The average molecular weight is 393 g/mol. The minimum absolute atomic E-state index is 0.375. The molecule has 9 rings (SSSR count). The second-order valence-corrected chi connectivity index (χ2v) is 10.9. The van der Waals surface area contributed by atoms with Crippen molar-refractivity contribution in [1.82, 2.24) is 0 Å². The molecule has 28 heavy (non-hydrogen) atoms. The van der Waals surface area contributed by atoms with E-state index in [-0.39, 0.29) is 5.97 Å².